The van der Waals surface area contributed by atoms with Crippen LogP contribution in [-0.4, -0.2) is 13.3 Å². The first-order chi connectivity index (χ1) is 3.46. The van der Waals surface area contributed by atoms with E-state index in [1.54, 1.807) is 0 Å². The third-order valence-corrected chi connectivity index (χ3v) is 0. The van der Waals surface area contributed by atoms with Gasteiger partial charge in [0.15, 0.2) is 0 Å². The summed E-state index contributed by atoms with van der Waals surface area (Å²) < 4.78 is 24.1. The molecule has 0 aromatic heterocycles. The fourth-order valence-corrected chi connectivity index (χ4v) is 0. The van der Waals surface area contributed by atoms with E-state index >= 15 is 0 Å². The number of hydrogen-bond donors (Lipinski definition) is 1. The molecule has 3 nitrogen and oxygen atoms in total. The van der Waals surface area contributed by atoms with Crippen LogP contribution in [0.25, 0.3) is 0 Å². The first-order valence-corrected chi connectivity index (χ1v) is 3.28. The smallest absolute Gasteiger partial charge is 0.750 e. The molecule has 0 amide bonds. The van der Waals surface area contributed by atoms with Crippen LogP contribution in [0.3, 0.4) is 0 Å². The third kappa shape index (κ3) is 865. The molecular formula is C4H11LiO3S. The summed E-state index contributed by atoms with van der Waals surface area (Å²) in [6, 6.07) is 0. The molecule has 1 atom stereocenters. The Hall–Kier alpha value is 0.667. The minimum absolute atomic E-state index is 0. The Labute approximate surface area is 70.5 Å². The molecule has 0 aliphatic heterocycles. The maximum atomic E-state index is 8.56. The minimum Gasteiger partial charge on any atom is -0.750 e. The van der Waals surface area contributed by atoms with Gasteiger partial charge in [0.1, 0.15) is 0 Å². The van der Waals surface area contributed by atoms with E-state index in [1.165, 1.54) is 0 Å². The van der Waals surface area contributed by atoms with E-state index in [-0.39, 0.29) is 18.9 Å². The van der Waals surface area contributed by atoms with E-state index in [9.17, 15) is 0 Å². The van der Waals surface area contributed by atoms with Gasteiger partial charge in [-0.25, -0.2) is 4.21 Å². The molecular weight excluding hydrogens is 135 g/mol. The maximum Gasteiger partial charge on any atom is 1.00 e. The molecule has 1 N–H and O–H groups in total. The Morgan fingerprint density at radius 1 is 1.44 bits per heavy atom. The van der Waals surface area contributed by atoms with E-state index in [1.807, 2.05) is 0 Å². The molecule has 0 heterocycles. The van der Waals surface area contributed by atoms with Gasteiger partial charge in [-0.15, -0.1) is 0 Å². The fourth-order valence-electron chi connectivity index (χ4n) is 0. The Bertz CT molecular complexity index is 60.1. The molecule has 0 aliphatic rings. The zero-order chi connectivity index (χ0) is 7.15. The summed E-state index contributed by atoms with van der Waals surface area (Å²) in [7, 11) is 0. The molecule has 0 aromatic carbocycles. The molecule has 0 radical (unpaired) electrons. The van der Waals surface area contributed by atoms with Gasteiger partial charge in [-0.05, 0) is 5.92 Å². The summed E-state index contributed by atoms with van der Waals surface area (Å²) >= 11 is -2.86. The van der Waals surface area contributed by atoms with Gasteiger partial charge < -0.3 is 9.11 Å². The van der Waals surface area contributed by atoms with Crippen molar-refractivity contribution < 1.29 is 32.2 Å². The van der Waals surface area contributed by atoms with Crippen LogP contribution in [0.1, 0.15) is 20.8 Å². The van der Waals surface area contributed by atoms with Crippen LogP contribution in [0.15, 0.2) is 0 Å². The average Bonchev–Trinajstić information content (AvgIpc) is 1.25. The minimum atomic E-state index is -2.86. The van der Waals surface area contributed by atoms with Crippen LogP contribution in [0, 0.1) is 5.92 Å². The van der Waals surface area contributed by atoms with E-state index in [2.05, 4.69) is 20.8 Å². The summed E-state index contributed by atoms with van der Waals surface area (Å²) in [4.78, 5) is 0. The zero-order valence-electron chi connectivity index (χ0n) is 6.25. The van der Waals surface area contributed by atoms with Gasteiger partial charge in [0.05, 0.1) is 11.4 Å². The van der Waals surface area contributed by atoms with Crippen molar-refractivity contribution in [3.63, 3.8) is 0 Å². The third-order valence-electron chi connectivity index (χ3n) is 0. The van der Waals surface area contributed by atoms with E-state index in [0.717, 1.165) is 5.92 Å². The summed E-state index contributed by atoms with van der Waals surface area (Å²) in [5.41, 5.74) is 0. The van der Waals surface area contributed by atoms with Crippen molar-refractivity contribution in [2.24, 2.45) is 5.92 Å². The Morgan fingerprint density at radius 2 is 1.44 bits per heavy atom. The first kappa shape index (κ1) is 16.3. The predicted octanol–water partition coefficient (Wildman–Crippen LogP) is -2.00. The van der Waals surface area contributed by atoms with E-state index in [0.29, 0.717) is 0 Å². The van der Waals surface area contributed by atoms with Crippen molar-refractivity contribution in [3.05, 3.63) is 0 Å². The molecule has 0 saturated carbocycles. The van der Waals surface area contributed by atoms with Crippen LogP contribution in [0.5, 0.6) is 0 Å². The van der Waals surface area contributed by atoms with Crippen molar-refractivity contribution >= 4 is 11.4 Å². The van der Waals surface area contributed by atoms with Crippen molar-refractivity contribution in [2.45, 2.75) is 20.8 Å². The van der Waals surface area contributed by atoms with Gasteiger partial charge in [-0.1, -0.05) is 20.8 Å². The van der Waals surface area contributed by atoms with Gasteiger partial charge in [0, 0.05) is 0 Å². The van der Waals surface area contributed by atoms with Crippen molar-refractivity contribution in [3.8, 4) is 0 Å². The quantitative estimate of drug-likeness (QED) is 0.318. The normalized spacial score (nSPS) is 10.9. The molecule has 0 saturated heterocycles. The first-order valence-electron chi connectivity index (χ1n) is 2.25. The van der Waals surface area contributed by atoms with Gasteiger partial charge in [-0.2, -0.15) is 0 Å². The number of rotatable bonds is 0. The van der Waals surface area contributed by atoms with Crippen molar-refractivity contribution in [2.75, 3.05) is 0 Å². The van der Waals surface area contributed by atoms with Gasteiger partial charge in [0.25, 0.3) is 0 Å². The summed E-state index contributed by atoms with van der Waals surface area (Å²) in [6.07, 6.45) is 0. The van der Waals surface area contributed by atoms with E-state index in [4.69, 9.17) is 13.3 Å². The molecule has 9 heavy (non-hydrogen) atoms. The Balaban J connectivity index is -0.0000000720. The molecule has 0 bridgehead atoms. The van der Waals surface area contributed by atoms with Crippen LogP contribution in [0.4, 0.5) is 0 Å². The summed E-state index contributed by atoms with van der Waals surface area (Å²) in [5, 5.41) is 0. The molecule has 0 rings (SSSR count). The van der Waals surface area contributed by atoms with Gasteiger partial charge in [-0.3, -0.25) is 0 Å². The molecule has 0 aromatic rings. The van der Waals surface area contributed by atoms with Crippen molar-refractivity contribution in [1.82, 2.24) is 0 Å². The SMILES string of the molecule is CC(C)C.O=S([O-])O.[Li+]. The second kappa shape index (κ2) is 11.5. The van der Waals surface area contributed by atoms with Crippen LogP contribution >= 0.6 is 0 Å². The molecule has 52 valence electrons. The average molecular weight is 146 g/mol. The molecule has 1 unspecified atom stereocenters. The predicted molar refractivity (Wildman–Crippen MR) is 32.1 cm³/mol. The standard InChI is InChI=1S/C4H10.Li.H2O3S/c1-4(2)3;;1-4(2)3/h4H,1-3H3;;(H2,1,2,3)/q;+1;/p-1. The molecule has 0 aliphatic carbocycles. The second-order valence-electron chi connectivity index (χ2n) is 1.95. The molecule has 0 fully saturated rings. The van der Waals surface area contributed by atoms with Gasteiger partial charge >= 0.3 is 18.9 Å². The topological polar surface area (TPSA) is 60.4 Å². The molecule has 0 spiro atoms. The number of hydrogen-bond acceptors (Lipinski definition) is 2. The van der Waals surface area contributed by atoms with Crippen molar-refractivity contribution in [1.29, 1.82) is 0 Å². The maximum absolute atomic E-state index is 8.56. The van der Waals surface area contributed by atoms with Gasteiger partial charge in [0.2, 0.25) is 0 Å². The van der Waals surface area contributed by atoms with Crippen LogP contribution in [-0.2, 0) is 11.4 Å². The van der Waals surface area contributed by atoms with Crippen LogP contribution < -0.4 is 18.9 Å². The van der Waals surface area contributed by atoms with E-state index < -0.39 is 11.4 Å². The zero-order valence-corrected chi connectivity index (χ0v) is 7.07. The second-order valence-corrected chi connectivity index (χ2v) is 2.38. The monoisotopic (exact) mass is 146 g/mol. The summed E-state index contributed by atoms with van der Waals surface area (Å²) in [6.45, 7) is 6.50. The Kier molecular flexibility index (Phi) is 20.8. The molecule has 5 heteroatoms. The largest absolute Gasteiger partial charge is 1.00 e. The summed E-state index contributed by atoms with van der Waals surface area (Å²) in [5.74, 6) is 0.833. The fraction of sp³-hybridized carbons (Fsp3) is 1.00. The Morgan fingerprint density at radius 3 is 1.44 bits per heavy atom. The van der Waals surface area contributed by atoms with Crippen LogP contribution in [0.2, 0.25) is 0 Å².